The largest absolute Gasteiger partial charge is 0.494 e. The standard InChI is InChI=1S/C17H18ClNO2/c1-13-12-15(9-10-16(13)18)21-11-5-8-17(20)19-14-6-3-2-4-7-14/h2-4,6-7,9-10,12H,5,8,11H2,1H3,(H,19,20). The maximum atomic E-state index is 11.7. The molecular weight excluding hydrogens is 286 g/mol. The minimum Gasteiger partial charge on any atom is -0.494 e. The number of nitrogens with one attached hydrogen (secondary N) is 1. The lowest BCUT2D eigenvalue weighted by molar-refractivity contribution is -0.116. The minimum absolute atomic E-state index is 0.00270. The van der Waals surface area contributed by atoms with Crippen LogP contribution in [0.15, 0.2) is 48.5 Å². The topological polar surface area (TPSA) is 38.3 Å². The number of benzene rings is 2. The summed E-state index contributed by atoms with van der Waals surface area (Å²) in [5, 5.41) is 3.57. The van der Waals surface area contributed by atoms with Crippen molar-refractivity contribution >= 4 is 23.2 Å². The third-order valence-corrected chi connectivity index (χ3v) is 3.43. The summed E-state index contributed by atoms with van der Waals surface area (Å²) < 4.78 is 5.60. The zero-order valence-electron chi connectivity index (χ0n) is 11.9. The number of carbonyl (C=O) groups excluding carboxylic acids is 1. The molecule has 1 amide bonds. The summed E-state index contributed by atoms with van der Waals surface area (Å²) in [6.07, 6.45) is 1.10. The Morgan fingerprint density at radius 1 is 1.19 bits per heavy atom. The molecule has 0 fully saturated rings. The van der Waals surface area contributed by atoms with Crippen LogP contribution in [0.25, 0.3) is 0 Å². The highest BCUT2D eigenvalue weighted by Gasteiger charge is 2.03. The molecule has 0 heterocycles. The lowest BCUT2D eigenvalue weighted by Gasteiger charge is -2.08. The molecule has 0 aliphatic heterocycles. The highest BCUT2D eigenvalue weighted by molar-refractivity contribution is 6.31. The summed E-state index contributed by atoms with van der Waals surface area (Å²) in [6, 6.07) is 15.0. The summed E-state index contributed by atoms with van der Waals surface area (Å²) in [4.78, 5) is 11.7. The number of halogens is 1. The van der Waals surface area contributed by atoms with E-state index < -0.39 is 0 Å². The molecule has 110 valence electrons. The highest BCUT2D eigenvalue weighted by atomic mass is 35.5. The summed E-state index contributed by atoms with van der Waals surface area (Å²) in [5.41, 5.74) is 1.80. The van der Waals surface area contributed by atoms with Crippen molar-refractivity contribution in [3.05, 3.63) is 59.1 Å². The Hall–Kier alpha value is -2.00. The molecule has 0 spiro atoms. The number of hydrogen-bond acceptors (Lipinski definition) is 2. The molecule has 0 aliphatic rings. The van der Waals surface area contributed by atoms with E-state index in [0.717, 1.165) is 22.0 Å². The second kappa shape index (κ2) is 7.70. The fourth-order valence-corrected chi connectivity index (χ4v) is 1.99. The predicted molar refractivity (Wildman–Crippen MR) is 86.0 cm³/mol. The van der Waals surface area contributed by atoms with Gasteiger partial charge < -0.3 is 10.1 Å². The lowest BCUT2D eigenvalue weighted by Crippen LogP contribution is -2.12. The van der Waals surface area contributed by atoms with Crippen LogP contribution >= 0.6 is 11.6 Å². The maximum absolute atomic E-state index is 11.7. The van der Waals surface area contributed by atoms with Crippen molar-refractivity contribution in [1.82, 2.24) is 0 Å². The van der Waals surface area contributed by atoms with E-state index in [4.69, 9.17) is 16.3 Å². The quantitative estimate of drug-likeness (QED) is 0.801. The monoisotopic (exact) mass is 303 g/mol. The van der Waals surface area contributed by atoms with Gasteiger partial charge in [0.2, 0.25) is 5.91 Å². The molecule has 0 unspecified atom stereocenters. The maximum Gasteiger partial charge on any atom is 0.224 e. The average molecular weight is 304 g/mol. The van der Waals surface area contributed by atoms with Crippen LogP contribution in [0.3, 0.4) is 0 Å². The molecule has 0 atom stereocenters. The first kappa shape index (κ1) is 15.4. The molecule has 0 aromatic heterocycles. The second-order valence-electron chi connectivity index (χ2n) is 4.78. The van der Waals surface area contributed by atoms with E-state index in [1.165, 1.54) is 0 Å². The summed E-state index contributed by atoms with van der Waals surface area (Å²) in [6.45, 7) is 2.44. The third-order valence-electron chi connectivity index (χ3n) is 3.00. The van der Waals surface area contributed by atoms with Gasteiger partial charge in [0, 0.05) is 17.1 Å². The first-order valence-electron chi connectivity index (χ1n) is 6.89. The van der Waals surface area contributed by atoms with Crippen LogP contribution in [0.2, 0.25) is 5.02 Å². The Labute approximate surface area is 129 Å². The van der Waals surface area contributed by atoms with Crippen LogP contribution in [0, 0.1) is 6.92 Å². The van der Waals surface area contributed by atoms with Gasteiger partial charge in [0.25, 0.3) is 0 Å². The molecule has 0 saturated carbocycles. The molecule has 0 aliphatic carbocycles. The molecule has 2 aromatic carbocycles. The van der Waals surface area contributed by atoms with Gasteiger partial charge in [0.15, 0.2) is 0 Å². The first-order chi connectivity index (χ1) is 10.1. The van der Waals surface area contributed by atoms with Crippen LogP contribution < -0.4 is 10.1 Å². The van der Waals surface area contributed by atoms with Crippen molar-refractivity contribution in [2.75, 3.05) is 11.9 Å². The van der Waals surface area contributed by atoms with Crippen molar-refractivity contribution in [2.24, 2.45) is 0 Å². The molecule has 0 bridgehead atoms. The van der Waals surface area contributed by atoms with Crippen molar-refractivity contribution in [3.63, 3.8) is 0 Å². The zero-order chi connectivity index (χ0) is 15.1. The summed E-state index contributed by atoms with van der Waals surface area (Å²) in [7, 11) is 0. The number of rotatable bonds is 6. The van der Waals surface area contributed by atoms with Crippen LogP contribution in [-0.2, 0) is 4.79 Å². The van der Waals surface area contributed by atoms with Crippen molar-refractivity contribution in [1.29, 1.82) is 0 Å². The van der Waals surface area contributed by atoms with E-state index in [-0.39, 0.29) is 5.91 Å². The normalized spacial score (nSPS) is 10.2. The van der Waals surface area contributed by atoms with E-state index in [1.54, 1.807) is 0 Å². The Kier molecular flexibility index (Phi) is 5.64. The van der Waals surface area contributed by atoms with E-state index in [2.05, 4.69) is 5.32 Å². The molecule has 0 radical (unpaired) electrons. The average Bonchev–Trinajstić information content (AvgIpc) is 2.48. The summed E-state index contributed by atoms with van der Waals surface area (Å²) >= 11 is 5.95. The van der Waals surface area contributed by atoms with Gasteiger partial charge in [-0.05, 0) is 49.2 Å². The van der Waals surface area contributed by atoms with Crippen LogP contribution in [0.5, 0.6) is 5.75 Å². The lowest BCUT2D eigenvalue weighted by atomic mass is 10.2. The van der Waals surface area contributed by atoms with Gasteiger partial charge in [-0.15, -0.1) is 0 Å². The van der Waals surface area contributed by atoms with E-state index in [1.807, 2.05) is 55.5 Å². The van der Waals surface area contributed by atoms with Crippen molar-refractivity contribution in [2.45, 2.75) is 19.8 Å². The molecular formula is C17H18ClNO2. The van der Waals surface area contributed by atoms with Gasteiger partial charge in [0.05, 0.1) is 6.61 Å². The molecule has 4 heteroatoms. The van der Waals surface area contributed by atoms with Gasteiger partial charge in [0.1, 0.15) is 5.75 Å². The van der Waals surface area contributed by atoms with Crippen molar-refractivity contribution < 1.29 is 9.53 Å². The number of para-hydroxylation sites is 1. The number of anilines is 1. The number of hydrogen-bond donors (Lipinski definition) is 1. The van der Waals surface area contributed by atoms with Crippen LogP contribution in [0.4, 0.5) is 5.69 Å². The number of aryl methyl sites for hydroxylation is 1. The van der Waals surface area contributed by atoms with Gasteiger partial charge in [-0.2, -0.15) is 0 Å². The van der Waals surface area contributed by atoms with E-state index in [0.29, 0.717) is 19.4 Å². The first-order valence-corrected chi connectivity index (χ1v) is 7.27. The van der Waals surface area contributed by atoms with E-state index >= 15 is 0 Å². The number of carbonyl (C=O) groups is 1. The van der Waals surface area contributed by atoms with Crippen molar-refractivity contribution in [3.8, 4) is 5.75 Å². The summed E-state index contributed by atoms with van der Waals surface area (Å²) in [5.74, 6) is 0.775. The molecule has 21 heavy (non-hydrogen) atoms. The van der Waals surface area contributed by atoms with Crippen LogP contribution in [-0.4, -0.2) is 12.5 Å². The van der Waals surface area contributed by atoms with Gasteiger partial charge >= 0.3 is 0 Å². The molecule has 2 aromatic rings. The fourth-order valence-electron chi connectivity index (χ4n) is 1.87. The minimum atomic E-state index is -0.00270. The predicted octanol–water partition coefficient (Wildman–Crippen LogP) is 4.45. The SMILES string of the molecule is Cc1cc(OCCCC(=O)Nc2ccccc2)ccc1Cl. The van der Waals surface area contributed by atoms with Gasteiger partial charge in [-0.1, -0.05) is 29.8 Å². The smallest absolute Gasteiger partial charge is 0.224 e. The number of ether oxygens (including phenoxy) is 1. The van der Waals surface area contributed by atoms with Gasteiger partial charge in [-0.25, -0.2) is 0 Å². The Balaban J connectivity index is 1.69. The van der Waals surface area contributed by atoms with Crippen LogP contribution in [0.1, 0.15) is 18.4 Å². The molecule has 0 saturated heterocycles. The molecule has 3 nitrogen and oxygen atoms in total. The molecule has 1 N–H and O–H groups in total. The Morgan fingerprint density at radius 3 is 2.67 bits per heavy atom. The Morgan fingerprint density at radius 2 is 1.95 bits per heavy atom. The second-order valence-corrected chi connectivity index (χ2v) is 5.18. The fraction of sp³-hybridized carbons (Fsp3) is 0.235. The van der Waals surface area contributed by atoms with E-state index in [9.17, 15) is 4.79 Å². The zero-order valence-corrected chi connectivity index (χ0v) is 12.7. The highest BCUT2D eigenvalue weighted by Crippen LogP contribution is 2.21. The number of amides is 1. The Bertz CT molecular complexity index is 599. The molecule has 2 rings (SSSR count). The third kappa shape index (κ3) is 5.12. The van der Waals surface area contributed by atoms with Gasteiger partial charge in [-0.3, -0.25) is 4.79 Å².